The minimum absolute atomic E-state index is 0. The molecule has 0 aliphatic rings. The molecule has 1 aromatic heterocycles. The molecule has 0 aliphatic carbocycles. The Morgan fingerprint density at radius 1 is 1.27 bits per heavy atom. The van der Waals surface area contributed by atoms with Crippen LogP contribution in [-0.4, -0.2) is 0 Å². The van der Waals surface area contributed by atoms with Gasteiger partial charge in [0.15, 0.2) is 18.4 Å². The average Bonchev–Trinajstić information content (AvgIpc) is 2.05. The molecule has 11 heavy (non-hydrogen) atoms. The Hall–Kier alpha value is -0.630. The molecule has 0 saturated heterocycles. The average molecular weight is 214 g/mol. The van der Waals surface area contributed by atoms with E-state index in [1.807, 2.05) is 36.7 Å². The number of pyridine rings is 1. The van der Waals surface area contributed by atoms with Crippen LogP contribution in [0.25, 0.3) is 0 Å². The molecule has 0 aromatic carbocycles. The highest BCUT2D eigenvalue weighted by Gasteiger charge is 2.03. The summed E-state index contributed by atoms with van der Waals surface area (Å²) in [6.07, 6.45) is 5.98. The molecule has 1 unspecified atom stereocenters. The van der Waals surface area contributed by atoms with Gasteiger partial charge in [-0.15, -0.1) is 0 Å². The third kappa shape index (κ3) is 2.85. The normalized spacial score (nSPS) is 11.4. The first-order valence-corrected chi connectivity index (χ1v) is 3.43. The lowest BCUT2D eigenvalue weighted by Gasteiger charge is -1.97. The molecular formula is C9H12BrN. The lowest BCUT2D eigenvalue weighted by molar-refractivity contribution is -0.708. The summed E-state index contributed by atoms with van der Waals surface area (Å²) in [5.41, 5.74) is 0. The first kappa shape index (κ1) is 10.4. The molecule has 1 aromatic rings. The standard InChI is InChI=1S/C9H12N.BrH/c1-3-9(2)10-7-5-4-6-8-10;/h3-9H,1H2,2H3;1H/q+1;/p-1. The predicted octanol–water partition coefficient (Wildman–Crippen LogP) is -1.27. The van der Waals surface area contributed by atoms with Gasteiger partial charge in [-0.3, -0.25) is 0 Å². The smallest absolute Gasteiger partial charge is 0.173 e. The molecule has 0 spiro atoms. The molecule has 1 nitrogen and oxygen atoms in total. The van der Waals surface area contributed by atoms with Gasteiger partial charge in [-0.1, -0.05) is 12.6 Å². The van der Waals surface area contributed by atoms with E-state index in [4.69, 9.17) is 0 Å². The summed E-state index contributed by atoms with van der Waals surface area (Å²) in [6.45, 7) is 5.82. The summed E-state index contributed by atoms with van der Waals surface area (Å²) >= 11 is 0. The van der Waals surface area contributed by atoms with E-state index in [0.29, 0.717) is 6.04 Å². The quantitative estimate of drug-likeness (QED) is 0.426. The fraction of sp³-hybridized carbons (Fsp3) is 0.222. The highest BCUT2D eigenvalue weighted by molar-refractivity contribution is 4.85. The lowest BCUT2D eigenvalue weighted by atomic mass is 10.3. The Morgan fingerprint density at radius 3 is 2.27 bits per heavy atom. The third-order valence-corrected chi connectivity index (χ3v) is 1.55. The van der Waals surface area contributed by atoms with Crippen LogP contribution in [0.5, 0.6) is 0 Å². The van der Waals surface area contributed by atoms with E-state index in [9.17, 15) is 0 Å². The van der Waals surface area contributed by atoms with Crippen molar-refractivity contribution in [3.8, 4) is 0 Å². The summed E-state index contributed by atoms with van der Waals surface area (Å²) in [5.74, 6) is 0. The van der Waals surface area contributed by atoms with Crippen molar-refractivity contribution in [2.24, 2.45) is 0 Å². The Morgan fingerprint density at radius 2 is 1.82 bits per heavy atom. The van der Waals surface area contributed by atoms with E-state index < -0.39 is 0 Å². The zero-order valence-corrected chi connectivity index (χ0v) is 8.16. The molecule has 60 valence electrons. The van der Waals surface area contributed by atoms with E-state index in [0.717, 1.165) is 0 Å². The van der Waals surface area contributed by atoms with Crippen LogP contribution in [0.4, 0.5) is 0 Å². The SMILES string of the molecule is C=CC(C)[n+]1ccccc1.[Br-]. The van der Waals surface area contributed by atoms with Gasteiger partial charge in [0.25, 0.3) is 0 Å². The maximum absolute atomic E-state index is 3.72. The molecule has 0 aliphatic heterocycles. The number of halogens is 1. The number of hydrogen-bond acceptors (Lipinski definition) is 0. The van der Waals surface area contributed by atoms with Crippen LogP contribution < -0.4 is 21.5 Å². The predicted molar refractivity (Wildman–Crippen MR) is 41.5 cm³/mol. The molecule has 0 amide bonds. The number of hydrogen-bond donors (Lipinski definition) is 0. The van der Waals surface area contributed by atoms with Gasteiger partial charge < -0.3 is 17.0 Å². The van der Waals surface area contributed by atoms with Crippen molar-refractivity contribution in [2.75, 3.05) is 0 Å². The van der Waals surface area contributed by atoms with Crippen molar-refractivity contribution >= 4 is 0 Å². The Balaban J connectivity index is 0.000001000. The maximum atomic E-state index is 3.72. The van der Waals surface area contributed by atoms with E-state index in [-0.39, 0.29) is 17.0 Å². The summed E-state index contributed by atoms with van der Waals surface area (Å²) in [4.78, 5) is 0. The van der Waals surface area contributed by atoms with Crippen LogP contribution in [0.15, 0.2) is 43.2 Å². The zero-order chi connectivity index (χ0) is 7.40. The Kier molecular flexibility index (Phi) is 4.79. The van der Waals surface area contributed by atoms with Gasteiger partial charge in [0.1, 0.15) is 0 Å². The number of allylic oxidation sites excluding steroid dienone is 1. The molecule has 0 bridgehead atoms. The summed E-state index contributed by atoms with van der Waals surface area (Å²) in [7, 11) is 0. The van der Waals surface area contributed by atoms with Gasteiger partial charge in [0.05, 0.1) is 0 Å². The third-order valence-electron chi connectivity index (χ3n) is 1.55. The first-order chi connectivity index (χ1) is 4.84. The second-order valence-corrected chi connectivity index (χ2v) is 2.30. The fourth-order valence-electron chi connectivity index (χ4n) is 0.805. The van der Waals surface area contributed by atoms with Crippen LogP contribution in [0.3, 0.4) is 0 Å². The highest BCUT2D eigenvalue weighted by atomic mass is 79.9. The van der Waals surface area contributed by atoms with Gasteiger partial charge >= 0.3 is 0 Å². The number of nitrogens with zero attached hydrogens (tertiary/aromatic N) is 1. The first-order valence-electron chi connectivity index (χ1n) is 3.43. The van der Waals surface area contributed by atoms with Gasteiger partial charge in [-0.05, 0) is 6.08 Å². The molecule has 2 heteroatoms. The van der Waals surface area contributed by atoms with Crippen molar-refractivity contribution in [1.82, 2.24) is 0 Å². The van der Waals surface area contributed by atoms with Gasteiger partial charge in [0.2, 0.25) is 0 Å². The molecule has 0 N–H and O–H groups in total. The summed E-state index contributed by atoms with van der Waals surface area (Å²) in [6, 6.07) is 6.42. The largest absolute Gasteiger partial charge is 1.00 e. The summed E-state index contributed by atoms with van der Waals surface area (Å²) < 4.78 is 2.10. The second kappa shape index (κ2) is 5.08. The molecule has 0 fully saturated rings. The monoisotopic (exact) mass is 213 g/mol. The van der Waals surface area contributed by atoms with Crippen molar-refractivity contribution in [1.29, 1.82) is 0 Å². The van der Waals surface area contributed by atoms with Crippen LogP contribution in [0.2, 0.25) is 0 Å². The van der Waals surface area contributed by atoms with E-state index in [1.165, 1.54) is 0 Å². The topological polar surface area (TPSA) is 3.88 Å². The van der Waals surface area contributed by atoms with Crippen molar-refractivity contribution < 1.29 is 21.5 Å². The highest BCUT2D eigenvalue weighted by Crippen LogP contribution is 1.92. The van der Waals surface area contributed by atoms with E-state index >= 15 is 0 Å². The Bertz CT molecular complexity index is 208. The maximum Gasteiger partial charge on any atom is 0.173 e. The number of aromatic nitrogens is 1. The number of rotatable bonds is 2. The molecule has 1 rings (SSSR count). The lowest BCUT2D eigenvalue weighted by Crippen LogP contribution is -3.00. The molecule has 1 heterocycles. The summed E-state index contributed by atoms with van der Waals surface area (Å²) in [5, 5.41) is 0. The van der Waals surface area contributed by atoms with Crippen LogP contribution in [-0.2, 0) is 0 Å². The van der Waals surface area contributed by atoms with Crippen LogP contribution in [0.1, 0.15) is 13.0 Å². The van der Waals surface area contributed by atoms with E-state index in [1.54, 1.807) is 0 Å². The van der Waals surface area contributed by atoms with Crippen molar-refractivity contribution in [3.63, 3.8) is 0 Å². The molecule has 0 saturated carbocycles. The fourth-order valence-corrected chi connectivity index (χ4v) is 0.805. The van der Waals surface area contributed by atoms with Crippen LogP contribution in [0, 0.1) is 0 Å². The van der Waals surface area contributed by atoms with Gasteiger partial charge in [-0.2, -0.15) is 4.57 Å². The second-order valence-electron chi connectivity index (χ2n) is 2.30. The minimum atomic E-state index is 0. The van der Waals surface area contributed by atoms with Crippen molar-refractivity contribution in [3.05, 3.63) is 43.2 Å². The van der Waals surface area contributed by atoms with E-state index in [2.05, 4.69) is 18.1 Å². The Labute approximate surface area is 78.1 Å². The van der Waals surface area contributed by atoms with Gasteiger partial charge in [0, 0.05) is 19.1 Å². The molecule has 0 radical (unpaired) electrons. The molecular weight excluding hydrogens is 202 g/mol. The molecule has 1 atom stereocenters. The van der Waals surface area contributed by atoms with Crippen LogP contribution >= 0.6 is 0 Å². The van der Waals surface area contributed by atoms with Crippen molar-refractivity contribution in [2.45, 2.75) is 13.0 Å². The zero-order valence-electron chi connectivity index (χ0n) is 6.57. The van der Waals surface area contributed by atoms with Gasteiger partial charge in [-0.25, -0.2) is 0 Å². The minimum Gasteiger partial charge on any atom is -1.00 e.